The van der Waals surface area contributed by atoms with E-state index in [0.29, 0.717) is 11.8 Å². The van der Waals surface area contributed by atoms with Crippen LogP contribution in [0.15, 0.2) is 29.4 Å². The van der Waals surface area contributed by atoms with Gasteiger partial charge >= 0.3 is 0 Å². The summed E-state index contributed by atoms with van der Waals surface area (Å²) >= 11 is 1.53. The Bertz CT molecular complexity index is 767. The number of rotatable bonds is 4. The first-order chi connectivity index (χ1) is 12.2. The normalized spacial score (nSPS) is 17.7. The Balaban J connectivity index is 1.45. The predicted octanol–water partition coefficient (Wildman–Crippen LogP) is 3.77. The van der Waals surface area contributed by atoms with Crippen molar-refractivity contribution in [3.8, 4) is 0 Å². The molecule has 6 heteroatoms. The smallest absolute Gasteiger partial charge is 0.237 e. The summed E-state index contributed by atoms with van der Waals surface area (Å²) in [6.45, 7) is 2.80. The molecule has 0 saturated heterocycles. The minimum absolute atomic E-state index is 0.158. The van der Waals surface area contributed by atoms with Crippen molar-refractivity contribution in [2.45, 2.75) is 56.6 Å². The van der Waals surface area contributed by atoms with Crippen LogP contribution in [0.4, 0.5) is 5.69 Å². The summed E-state index contributed by atoms with van der Waals surface area (Å²) in [4.78, 5) is 14.6. The number of aromatic nitrogens is 3. The van der Waals surface area contributed by atoms with Gasteiger partial charge in [0.05, 0.1) is 5.75 Å². The molecule has 1 amide bonds. The van der Waals surface area contributed by atoms with Gasteiger partial charge in [-0.2, -0.15) is 0 Å². The number of para-hydroxylation sites is 1. The molecule has 1 aliphatic carbocycles. The Hall–Kier alpha value is -1.82. The van der Waals surface area contributed by atoms with Gasteiger partial charge in [-0.3, -0.25) is 4.79 Å². The molecule has 2 heterocycles. The van der Waals surface area contributed by atoms with Crippen molar-refractivity contribution in [2.24, 2.45) is 0 Å². The lowest BCUT2D eigenvalue weighted by molar-refractivity contribution is -0.116. The lowest BCUT2D eigenvalue weighted by Crippen LogP contribution is -2.30. The summed E-state index contributed by atoms with van der Waals surface area (Å²) < 4.78 is 2.26. The fraction of sp³-hybridized carbons (Fsp3) is 0.526. The maximum atomic E-state index is 12.7. The number of thioether (sulfide) groups is 1. The molecule has 0 radical (unpaired) electrons. The van der Waals surface area contributed by atoms with Crippen LogP contribution in [-0.4, -0.2) is 33.0 Å². The monoisotopic (exact) mass is 356 g/mol. The van der Waals surface area contributed by atoms with E-state index in [-0.39, 0.29) is 5.91 Å². The van der Waals surface area contributed by atoms with E-state index in [4.69, 9.17) is 0 Å². The van der Waals surface area contributed by atoms with Crippen LogP contribution in [0, 0.1) is 6.92 Å². The van der Waals surface area contributed by atoms with Crippen LogP contribution in [0.1, 0.15) is 49.5 Å². The largest absolute Gasteiger partial charge is 0.311 e. The highest BCUT2D eigenvalue weighted by molar-refractivity contribution is 7.99. The molecule has 1 fully saturated rings. The van der Waals surface area contributed by atoms with Gasteiger partial charge in [-0.1, -0.05) is 49.2 Å². The van der Waals surface area contributed by atoms with Crippen LogP contribution in [0.5, 0.6) is 0 Å². The molecule has 1 aliphatic heterocycles. The van der Waals surface area contributed by atoms with E-state index < -0.39 is 0 Å². The Morgan fingerprint density at radius 2 is 2.00 bits per heavy atom. The molecule has 25 heavy (non-hydrogen) atoms. The molecule has 2 aromatic rings. The Morgan fingerprint density at radius 3 is 2.84 bits per heavy atom. The van der Waals surface area contributed by atoms with E-state index in [0.717, 1.165) is 29.6 Å². The van der Waals surface area contributed by atoms with Gasteiger partial charge in [0.1, 0.15) is 5.82 Å². The van der Waals surface area contributed by atoms with Crippen LogP contribution in [0.3, 0.4) is 0 Å². The highest BCUT2D eigenvalue weighted by atomic mass is 32.2. The first-order valence-corrected chi connectivity index (χ1v) is 10.1. The number of benzene rings is 1. The zero-order valence-electron chi connectivity index (χ0n) is 14.6. The molecule has 1 saturated carbocycles. The third-order valence-corrected chi connectivity index (χ3v) is 6.22. The summed E-state index contributed by atoms with van der Waals surface area (Å²) in [7, 11) is 0. The first kappa shape index (κ1) is 16.6. The molecular weight excluding hydrogens is 332 g/mol. The number of hydrogen-bond acceptors (Lipinski definition) is 4. The number of amides is 1. The number of fused-ring (bicyclic) bond motifs is 1. The van der Waals surface area contributed by atoms with Crippen LogP contribution >= 0.6 is 11.8 Å². The maximum Gasteiger partial charge on any atom is 0.237 e. The van der Waals surface area contributed by atoms with E-state index in [2.05, 4.69) is 20.8 Å². The maximum absolute atomic E-state index is 12.7. The summed E-state index contributed by atoms with van der Waals surface area (Å²) in [6, 6.07) is 8.68. The Kier molecular flexibility index (Phi) is 4.79. The van der Waals surface area contributed by atoms with Crippen molar-refractivity contribution in [1.82, 2.24) is 14.8 Å². The van der Waals surface area contributed by atoms with Crippen LogP contribution in [0.25, 0.3) is 0 Å². The quantitative estimate of drug-likeness (QED) is 0.783. The van der Waals surface area contributed by atoms with Crippen LogP contribution in [-0.2, 0) is 11.2 Å². The number of anilines is 1. The summed E-state index contributed by atoms with van der Waals surface area (Å²) in [5, 5.41) is 9.50. The van der Waals surface area contributed by atoms with Gasteiger partial charge in [0.2, 0.25) is 5.91 Å². The predicted molar refractivity (Wildman–Crippen MR) is 100 cm³/mol. The number of nitrogens with zero attached hydrogens (tertiary/aromatic N) is 4. The minimum atomic E-state index is 0.158. The van der Waals surface area contributed by atoms with E-state index in [1.807, 2.05) is 30.0 Å². The highest BCUT2D eigenvalue weighted by Gasteiger charge is 2.26. The van der Waals surface area contributed by atoms with Gasteiger partial charge in [-0.25, -0.2) is 0 Å². The summed E-state index contributed by atoms with van der Waals surface area (Å²) in [6.07, 6.45) is 7.21. The zero-order chi connectivity index (χ0) is 17.2. The summed E-state index contributed by atoms with van der Waals surface area (Å²) in [5.41, 5.74) is 2.33. The van der Waals surface area contributed by atoms with Crippen molar-refractivity contribution in [1.29, 1.82) is 0 Å². The average molecular weight is 356 g/mol. The molecule has 132 valence electrons. The van der Waals surface area contributed by atoms with Crippen molar-refractivity contribution in [2.75, 3.05) is 17.2 Å². The van der Waals surface area contributed by atoms with Gasteiger partial charge in [0.15, 0.2) is 5.16 Å². The number of hydrogen-bond donors (Lipinski definition) is 0. The molecule has 4 rings (SSSR count). The Morgan fingerprint density at radius 1 is 1.20 bits per heavy atom. The van der Waals surface area contributed by atoms with Crippen LogP contribution in [0.2, 0.25) is 0 Å². The zero-order valence-corrected chi connectivity index (χ0v) is 15.5. The van der Waals surface area contributed by atoms with E-state index in [1.165, 1.54) is 49.4 Å². The molecule has 0 unspecified atom stereocenters. The fourth-order valence-electron chi connectivity index (χ4n) is 4.01. The van der Waals surface area contributed by atoms with Crippen LogP contribution < -0.4 is 4.90 Å². The highest BCUT2D eigenvalue weighted by Crippen LogP contribution is 2.33. The minimum Gasteiger partial charge on any atom is -0.311 e. The molecule has 0 atom stereocenters. The first-order valence-electron chi connectivity index (χ1n) is 9.16. The van der Waals surface area contributed by atoms with Crippen molar-refractivity contribution >= 4 is 23.4 Å². The number of carbonyl (C=O) groups is 1. The second-order valence-electron chi connectivity index (χ2n) is 6.90. The van der Waals surface area contributed by atoms with Gasteiger partial charge in [-0.15, -0.1) is 10.2 Å². The van der Waals surface area contributed by atoms with Crippen molar-refractivity contribution in [3.05, 3.63) is 35.7 Å². The van der Waals surface area contributed by atoms with Gasteiger partial charge < -0.3 is 9.47 Å². The molecule has 0 bridgehead atoms. The van der Waals surface area contributed by atoms with Crippen molar-refractivity contribution < 1.29 is 4.79 Å². The van der Waals surface area contributed by atoms with Gasteiger partial charge in [0.25, 0.3) is 0 Å². The van der Waals surface area contributed by atoms with E-state index in [9.17, 15) is 4.79 Å². The third kappa shape index (κ3) is 3.32. The number of carbonyl (C=O) groups excluding carboxylic acids is 1. The van der Waals surface area contributed by atoms with Crippen molar-refractivity contribution in [3.63, 3.8) is 0 Å². The number of aryl methyl sites for hydroxylation is 1. The second kappa shape index (κ2) is 7.20. The Labute approximate surface area is 152 Å². The average Bonchev–Trinajstić information content (AvgIpc) is 3.24. The molecule has 0 N–H and O–H groups in total. The second-order valence-corrected chi connectivity index (χ2v) is 7.85. The van der Waals surface area contributed by atoms with Gasteiger partial charge in [0, 0.05) is 18.3 Å². The standard InChI is InChI=1S/C19H24N4OS/c1-14-20-21-19(23(14)16-8-3-2-4-9-16)25-13-18(24)22-12-11-15-7-5-6-10-17(15)22/h5-7,10,16H,2-4,8-9,11-13H2,1H3. The fourth-order valence-corrected chi connectivity index (χ4v) is 4.94. The molecular formula is C19H24N4OS. The summed E-state index contributed by atoms with van der Waals surface area (Å²) in [5.74, 6) is 1.54. The van der Waals surface area contributed by atoms with E-state index >= 15 is 0 Å². The molecule has 0 spiro atoms. The molecule has 2 aliphatic rings. The molecule has 1 aromatic heterocycles. The lowest BCUT2D eigenvalue weighted by atomic mass is 9.95. The molecule has 1 aromatic carbocycles. The topological polar surface area (TPSA) is 51.0 Å². The lowest BCUT2D eigenvalue weighted by Gasteiger charge is -2.25. The molecule has 5 nitrogen and oxygen atoms in total. The SMILES string of the molecule is Cc1nnc(SCC(=O)N2CCc3ccccc32)n1C1CCCCC1. The van der Waals surface area contributed by atoms with E-state index in [1.54, 1.807) is 0 Å². The van der Waals surface area contributed by atoms with Gasteiger partial charge in [-0.05, 0) is 37.8 Å². The third-order valence-electron chi connectivity index (χ3n) is 5.29.